The van der Waals surface area contributed by atoms with E-state index in [1.165, 1.54) is 69.2 Å². The predicted octanol–water partition coefficient (Wildman–Crippen LogP) is 9.10. The van der Waals surface area contributed by atoms with Crippen molar-refractivity contribution in [3.8, 4) is 0 Å². The van der Waals surface area contributed by atoms with Crippen LogP contribution in [0.15, 0.2) is 243 Å². The smallest absolute Gasteiger partial charge is 0.0429 e. The van der Waals surface area contributed by atoms with Crippen LogP contribution in [0.25, 0.3) is 0 Å². The molecule has 0 amide bonds. The van der Waals surface area contributed by atoms with Crippen LogP contribution < -0.4 is 63.7 Å². The minimum absolute atomic E-state index is 0.0865. The molecule has 0 atom stereocenters. The van der Waals surface area contributed by atoms with Crippen LogP contribution in [0.4, 0.5) is 0 Å². The average molecular weight is 888 g/mol. The van der Waals surface area contributed by atoms with Crippen LogP contribution in [0.5, 0.6) is 0 Å². The van der Waals surface area contributed by atoms with Crippen molar-refractivity contribution in [1.82, 2.24) is 0 Å². The molecule has 0 aliphatic heterocycles. The lowest BCUT2D eigenvalue weighted by atomic mass is 9.83. The van der Waals surface area contributed by atoms with Crippen molar-refractivity contribution in [3.05, 3.63) is 248 Å². The van der Waals surface area contributed by atoms with E-state index in [9.17, 15) is 5.11 Å². The Morgan fingerprint density at radius 1 is 0.317 bits per heavy atom. The molecule has 9 rings (SSSR count). The summed E-state index contributed by atoms with van der Waals surface area (Å²) in [5, 5.41) is 27.7. The van der Waals surface area contributed by atoms with Crippen molar-refractivity contribution < 1.29 is 5.11 Å². The van der Waals surface area contributed by atoms with Crippen molar-refractivity contribution >= 4 is 95.3 Å². The predicted molar refractivity (Wildman–Crippen MR) is 282 cm³/mol. The Labute approximate surface area is 378 Å². The first-order valence-electron chi connectivity index (χ1n) is 21.6. The summed E-state index contributed by atoms with van der Waals surface area (Å²) in [7, 11) is -4.58. The molecule has 9 aromatic rings. The van der Waals surface area contributed by atoms with Crippen LogP contribution in [-0.4, -0.2) is 11.7 Å². The highest BCUT2D eigenvalue weighted by atomic mass is 31.1. The van der Waals surface area contributed by atoms with Gasteiger partial charge >= 0.3 is 0 Å². The maximum Gasteiger partial charge on any atom is 0.0429 e. The molecule has 1 N–H and O–H groups in total. The molecule has 63 heavy (non-hydrogen) atoms. The molecule has 0 fully saturated rings. The van der Waals surface area contributed by atoms with E-state index in [0.29, 0.717) is 6.42 Å². The van der Waals surface area contributed by atoms with Gasteiger partial charge in [0.05, 0.1) is 0 Å². The van der Waals surface area contributed by atoms with Gasteiger partial charge in [0, 0.05) is 6.61 Å². The van der Waals surface area contributed by atoms with Gasteiger partial charge in [-0.25, -0.2) is 0 Å². The standard InChI is InChI=1S/C58H51OP4/c1-58(2,43-44-59)53-54(60(45-27-11-3-12-28-45)46-29-13-4-14-30-46)56(62(49-35-19-7-20-36-49)50-37-21-8-22-38-50)57(63(51-39-23-9-24-40-51)52-41-25-10-26-42-52)55(53)61(47-31-15-5-16-32-47)48-33-17-6-18-34-48/h3-42,59H,43-44H2,1-2H3/q-1. The second-order valence-corrected chi connectivity index (χ2v) is 24.8. The lowest BCUT2D eigenvalue weighted by molar-refractivity contribution is 0.253. The summed E-state index contributed by atoms with van der Waals surface area (Å²) in [6.45, 7) is 4.91. The third-order valence-electron chi connectivity index (χ3n) is 11.6. The summed E-state index contributed by atoms with van der Waals surface area (Å²) in [6.07, 6.45) is 0.624. The molecule has 0 saturated carbocycles. The second-order valence-electron chi connectivity index (χ2n) is 16.2. The third kappa shape index (κ3) is 9.11. The molecule has 5 heteroatoms. The van der Waals surface area contributed by atoms with Crippen molar-refractivity contribution in [2.45, 2.75) is 25.7 Å². The highest BCUT2D eigenvalue weighted by molar-refractivity contribution is 7.91. The molecule has 0 bridgehead atoms. The fraction of sp³-hybridized carbons (Fsp3) is 0.0862. The summed E-state index contributed by atoms with van der Waals surface area (Å²) < 4.78 is 0. The average Bonchev–Trinajstić information content (AvgIpc) is 3.66. The number of aliphatic hydroxyl groups is 1. The molecule has 0 saturated heterocycles. The summed E-state index contributed by atoms with van der Waals surface area (Å²) in [4.78, 5) is 0. The fourth-order valence-corrected chi connectivity index (χ4v) is 21.0. The van der Waals surface area contributed by atoms with E-state index in [2.05, 4.69) is 257 Å². The van der Waals surface area contributed by atoms with Gasteiger partial charge < -0.3 is 5.11 Å². The molecule has 310 valence electrons. The lowest BCUT2D eigenvalue weighted by Crippen LogP contribution is -2.43. The van der Waals surface area contributed by atoms with E-state index in [4.69, 9.17) is 0 Å². The zero-order chi connectivity index (χ0) is 43.0. The number of rotatable bonds is 15. The van der Waals surface area contributed by atoms with Gasteiger partial charge in [-0.3, -0.25) is 0 Å². The first kappa shape index (κ1) is 43.1. The molecule has 9 aromatic carbocycles. The summed E-state index contributed by atoms with van der Waals surface area (Å²) in [5.74, 6) is 0. The van der Waals surface area contributed by atoms with Crippen molar-refractivity contribution in [3.63, 3.8) is 0 Å². The summed E-state index contributed by atoms with van der Waals surface area (Å²) in [6, 6.07) is 90.6. The van der Waals surface area contributed by atoms with E-state index in [1.54, 1.807) is 0 Å². The van der Waals surface area contributed by atoms with E-state index in [-0.39, 0.29) is 6.61 Å². The first-order valence-corrected chi connectivity index (χ1v) is 27.0. The zero-order valence-corrected chi connectivity index (χ0v) is 39.3. The topological polar surface area (TPSA) is 20.2 Å². The van der Waals surface area contributed by atoms with Gasteiger partial charge in [-0.05, 0) is 64.7 Å². The van der Waals surface area contributed by atoms with Gasteiger partial charge in [-0.2, -0.15) is 0 Å². The summed E-state index contributed by atoms with van der Waals surface area (Å²) >= 11 is 0. The van der Waals surface area contributed by atoms with E-state index >= 15 is 0 Å². The van der Waals surface area contributed by atoms with Gasteiger partial charge in [0.15, 0.2) is 0 Å². The van der Waals surface area contributed by atoms with Gasteiger partial charge in [0.25, 0.3) is 0 Å². The minimum atomic E-state index is -1.15. The zero-order valence-electron chi connectivity index (χ0n) is 35.7. The van der Waals surface area contributed by atoms with Crippen molar-refractivity contribution in [2.75, 3.05) is 6.61 Å². The van der Waals surface area contributed by atoms with Crippen LogP contribution in [0.3, 0.4) is 0 Å². The number of benzene rings is 8. The Balaban J connectivity index is 1.60. The number of aliphatic hydroxyl groups excluding tert-OH is 1. The maximum absolute atomic E-state index is 11.2. The molecule has 0 aromatic heterocycles. The highest BCUT2D eigenvalue weighted by Gasteiger charge is 2.37. The fourth-order valence-electron chi connectivity index (χ4n) is 8.72. The van der Waals surface area contributed by atoms with E-state index in [0.717, 1.165) is 0 Å². The molecule has 0 aliphatic rings. The first-order chi connectivity index (χ1) is 31.0. The SMILES string of the molecule is CC(C)(CCO)[c-]1c(P(c2ccccc2)c2ccccc2)c(P(c2ccccc2)c2ccccc2)c(P(c2ccccc2)c2ccccc2)c1P(c1ccccc1)c1ccccc1. The third-order valence-corrected chi connectivity index (χ3v) is 22.2. The number of hydrogen-bond acceptors (Lipinski definition) is 1. The Bertz CT molecular complexity index is 2450. The van der Waals surface area contributed by atoms with Crippen molar-refractivity contribution in [2.24, 2.45) is 0 Å². The van der Waals surface area contributed by atoms with Crippen molar-refractivity contribution in [1.29, 1.82) is 0 Å². The number of hydrogen-bond donors (Lipinski definition) is 1. The molecule has 0 spiro atoms. The molecular formula is C58H51OP4-. The molecule has 0 heterocycles. The molecule has 1 nitrogen and oxygen atoms in total. The highest BCUT2D eigenvalue weighted by Crippen LogP contribution is 2.50. The second kappa shape index (κ2) is 20.1. The van der Waals surface area contributed by atoms with Crippen LogP contribution >= 0.6 is 31.7 Å². The molecule has 0 unspecified atom stereocenters. The van der Waals surface area contributed by atoms with Gasteiger partial charge in [-0.15, -0.1) is 26.8 Å². The molecule has 0 radical (unpaired) electrons. The molecule has 0 aliphatic carbocycles. The van der Waals surface area contributed by atoms with Gasteiger partial charge in [0.1, 0.15) is 0 Å². The summed E-state index contributed by atoms with van der Waals surface area (Å²) in [5.41, 5.74) is 0.974. The van der Waals surface area contributed by atoms with E-state index in [1.807, 2.05) is 0 Å². The largest absolute Gasteiger partial charge is 0.396 e. The maximum atomic E-state index is 11.2. The Hall–Kier alpha value is -5.21. The normalized spacial score (nSPS) is 11.8. The van der Waals surface area contributed by atoms with Crippen LogP contribution in [0, 0.1) is 0 Å². The Morgan fingerprint density at radius 2 is 0.508 bits per heavy atom. The Morgan fingerprint density at radius 3 is 0.698 bits per heavy atom. The van der Waals surface area contributed by atoms with Gasteiger partial charge in [-0.1, -0.05) is 278 Å². The van der Waals surface area contributed by atoms with Crippen LogP contribution in [0.2, 0.25) is 0 Å². The minimum Gasteiger partial charge on any atom is -0.396 e. The monoisotopic (exact) mass is 887 g/mol. The molecular weight excluding hydrogens is 837 g/mol. The van der Waals surface area contributed by atoms with Gasteiger partial charge in [0.2, 0.25) is 0 Å². The Kier molecular flexibility index (Phi) is 13.7. The lowest BCUT2D eigenvalue weighted by Gasteiger charge is -2.39. The van der Waals surface area contributed by atoms with Crippen LogP contribution in [-0.2, 0) is 5.41 Å². The van der Waals surface area contributed by atoms with Crippen LogP contribution in [0.1, 0.15) is 25.8 Å². The van der Waals surface area contributed by atoms with E-state index < -0.39 is 37.1 Å². The quantitative estimate of drug-likeness (QED) is 0.0806.